The number of carboxylic acid groups (broad SMARTS) is 1. The first kappa shape index (κ1) is 12.0. The largest absolute Gasteiger partial charge is 0.481 e. The Balaban J connectivity index is 2.00. The first-order valence-corrected chi connectivity index (χ1v) is 5.28. The number of hydrogen-bond donors (Lipinski definition) is 2. The highest BCUT2D eigenvalue weighted by atomic mass is 16.5. The smallest absolute Gasteiger partial charge is 0.303 e. The van der Waals surface area contributed by atoms with Crippen LogP contribution in [0.4, 0.5) is 0 Å². The van der Waals surface area contributed by atoms with E-state index < -0.39 is 5.97 Å². The predicted octanol–water partition coefficient (Wildman–Crippen LogP) is 0.536. The van der Waals surface area contributed by atoms with Crippen molar-refractivity contribution in [3.05, 3.63) is 0 Å². The van der Waals surface area contributed by atoms with E-state index in [1.807, 2.05) is 0 Å². The third-order valence-corrected chi connectivity index (χ3v) is 2.35. The third-order valence-electron chi connectivity index (χ3n) is 2.35. The zero-order valence-electron chi connectivity index (χ0n) is 8.70. The van der Waals surface area contributed by atoms with Crippen LogP contribution < -0.4 is 5.32 Å². The van der Waals surface area contributed by atoms with Gasteiger partial charge in [0.15, 0.2) is 0 Å². The van der Waals surface area contributed by atoms with Crippen molar-refractivity contribution in [2.24, 2.45) is 0 Å². The van der Waals surface area contributed by atoms with E-state index in [1.54, 1.807) is 0 Å². The molecule has 1 amide bonds. The molecule has 1 fully saturated rings. The second kappa shape index (κ2) is 6.40. The molecule has 15 heavy (non-hydrogen) atoms. The molecule has 0 aromatic carbocycles. The van der Waals surface area contributed by atoms with Crippen LogP contribution >= 0.6 is 0 Å². The standard InChI is InChI=1S/C10H17NO4/c12-9(4-1-5-10(13)14)11-7-8-3-2-6-15-8/h8H,1-7H2,(H,11,12)(H,13,14)/t8-/m0/s1. The number of rotatable bonds is 6. The molecule has 0 bridgehead atoms. The van der Waals surface area contributed by atoms with Crippen LogP contribution in [0.2, 0.25) is 0 Å². The minimum Gasteiger partial charge on any atom is -0.481 e. The molecule has 1 rings (SSSR count). The summed E-state index contributed by atoms with van der Waals surface area (Å²) in [6, 6.07) is 0. The zero-order valence-corrected chi connectivity index (χ0v) is 8.70. The van der Waals surface area contributed by atoms with Gasteiger partial charge in [-0.3, -0.25) is 9.59 Å². The Bertz CT molecular complexity index is 223. The molecule has 86 valence electrons. The van der Waals surface area contributed by atoms with Crippen molar-refractivity contribution in [1.82, 2.24) is 5.32 Å². The number of carbonyl (C=O) groups excluding carboxylic acids is 1. The fourth-order valence-corrected chi connectivity index (χ4v) is 1.52. The average molecular weight is 215 g/mol. The summed E-state index contributed by atoms with van der Waals surface area (Å²) in [6.45, 7) is 1.32. The van der Waals surface area contributed by atoms with Crippen LogP contribution in [0, 0.1) is 0 Å². The molecule has 0 aromatic heterocycles. The molecule has 0 aliphatic carbocycles. The Morgan fingerprint density at radius 3 is 2.80 bits per heavy atom. The molecule has 2 N–H and O–H groups in total. The molecule has 1 aliphatic heterocycles. The lowest BCUT2D eigenvalue weighted by Gasteiger charge is -2.10. The van der Waals surface area contributed by atoms with E-state index in [1.165, 1.54) is 0 Å². The van der Waals surface area contributed by atoms with Crippen molar-refractivity contribution >= 4 is 11.9 Å². The van der Waals surface area contributed by atoms with Crippen molar-refractivity contribution in [3.63, 3.8) is 0 Å². The summed E-state index contributed by atoms with van der Waals surface area (Å²) in [7, 11) is 0. The third kappa shape index (κ3) is 5.37. The van der Waals surface area contributed by atoms with Gasteiger partial charge in [-0.2, -0.15) is 0 Å². The van der Waals surface area contributed by atoms with Crippen LogP contribution in [0.3, 0.4) is 0 Å². The number of ether oxygens (including phenoxy) is 1. The summed E-state index contributed by atoms with van der Waals surface area (Å²) >= 11 is 0. The fourth-order valence-electron chi connectivity index (χ4n) is 1.52. The summed E-state index contributed by atoms with van der Waals surface area (Å²) in [4.78, 5) is 21.4. The molecule has 1 heterocycles. The lowest BCUT2D eigenvalue weighted by molar-refractivity contribution is -0.137. The number of carboxylic acids is 1. The monoisotopic (exact) mass is 215 g/mol. The van der Waals surface area contributed by atoms with Gasteiger partial charge in [-0.15, -0.1) is 0 Å². The molecule has 0 aromatic rings. The van der Waals surface area contributed by atoms with Crippen LogP contribution in [0.1, 0.15) is 32.1 Å². The Morgan fingerprint density at radius 1 is 1.40 bits per heavy atom. The van der Waals surface area contributed by atoms with Crippen molar-refractivity contribution in [1.29, 1.82) is 0 Å². The van der Waals surface area contributed by atoms with Gasteiger partial charge in [0, 0.05) is 26.0 Å². The fraction of sp³-hybridized carbons (Fsp3) is 0.800. The molecule has 5 nitrogen and oxygen atoms in total. The molecule has 1 atom stereocenters. The van der Waals surface area contributed by atoms with E-state index in [0.717, 1.165) is 19.4 Å². The van der Waals surface area contributed by atoms with Gasteiger partial charge in [0.25, 0.3) is 0 Å². The van der Waals surface area contributed by atoms with Crippen molar-refractivity contribution in [3.8, 4) is 0 Å². The van der Waals surface area contributed by atoms with Gasteiger partial charge in [-0.25, -0.2) is 0 Å². The van der Waals surface area contributed by atoms with Crippen molar-refractivity contribution < 1.29 is 19.4 Å². The Kier molecular flexibility index (Phi) is 5.10. The lowest BCUT2D eigenvalue weighted by atomic mass is 10.2. The average Bonchev–Trinajstić information content (AvgIpc) is 2.66. The van der Waals surface area contributed by atoms with Gasteiger partial charge in [-0.1, -0.05) is 0 Å². The Morgan fingerprint density at radius 2 is 2.20 bits per heavy atom. The number of amides is 1. The first-order valence-electron chi connectivity index (χ1n) is 5.28. The summed E-state index contributed by atoms with van der Waals surface area (Å²) in [5.41, 5.74) is 0. The predicted molar refractivity (Wildman–Crippen MR) is 53.5 cm³/mol. The molecule has 0 unspecified atom stereocenters. The maximum Gasteiger partial charge on any atom is 0.303 e. The second-order valence-electron chi connectivity index (χ2n) is 3.69. The molecular weight excluding hydrogens is 198 g/mol. The van der Waals surface area contributed by atoms with E-state index in [4.69, 9.17) is 9.84 Å². The molecular formula is C10H17NO4. The minimum absolute atomic E-state index is 0.0490. The van der Waals surface area contributed by atoms with E-state index >= 15 is 0 Å². The highest BCUT2D eigenvalue weighted by Crippen LogP contribution is 2.10. The molecule has 1 saturated heterocycles. The van der Waals surface area contributed by atoms with Crippen LogP contribution in [0.25, 0.3) is 0 Å². The second-order valence-corrected chi connectivity index (χ2v) is 3.69. The van der Waals surface area contributed by atoms with Gasteiger partial charge in [0.1, 0.15) is 0 Å². The quantitative estimate of drug-likeness (QED) is 0.678. The lowest BCUT2D eigenvalue weighted by Crippen LogP contribution is -2.31. The summed E-state index contributed by atoms with van der Waals surface area (Å²) < 4.78 is 5.34. The van der Waals surface area contributed by atoms with E-state index in [0.29, 0.717) is 13.0 Å². The van der Waals surface area contributed by atoms with E-state index in [-0.39, 0.29) is 24.9 Å². The number of hydrogen-bond acceptors (Lipinski definition) is 3. The maximum atomic E-state index is 11.2. The van der Waals surface area contributed by atoms with Crippen LogP contribution in [-0.2, 0) is 14.3 Å². The van der Waals surface area contributed by atoms with Crippen molar-refractivity contribution in [2.75, 3.05) is 13.2 Å². The zero-order chi connectivity index (χ0) is 11.1. The number of nitrogens with one attached hydrogen (secondary N) is 1. The topological polar surface area (TPSA) is 75.6 Å². The maximum absolute atomic E-state index is 11.2. The van der Waals surface area contributed by atoms with Crippen LogP contribution in [0.5, 0.6) is 0 Å². The molecule has 0 spiro atoms. The van der Waals surface area contributed by atoms with Gasteiger partial charge >= 0.3 is 5.97 Å². The van der Waals surface area contributed by atoms with Gasteiger partial charge < -0.3 is 15.2 Å². The normalized spacial score (nSPS) is 20.1. The first-order chi connectivity index (χ1) is 7.18. The SMILES string of the molecule is O=C(O)CCCC(=O)NC[C@@H]1CCCO1. The van der Waals surface area contributed by atoms with Gasteiger partial charge in [0.2, 0.25) is 5.91 Å². The van der Waals surface area contributed by atoms with E-state index in [9.17, 15) is 9.59 Å². The van der Waals surface area contributed by atoms with Gasteiger partial charge in [-0.05, 0) is 19.3 Å². The Labute approximate surface area is 88.8 Å². The van der Waals surface area contributed by atoms with Crippen LogP contribution in [-0.4, -0.2) is 36.2 Å². The summed E-state index contributed by atoms with van der Waals surface area (Å²) in [6.07, 6.45) is 2.92. The summed E-state index contributed by atoms with van der Waals surface area (Å²) in [5.74, 6) is -0.950. The molecule has 0 saturated carbocycles. The molecule has 5 heteroatoms. The van der Waals surface area contributed by atoms with E-state index in [2.05, 4.69) is 5.32 Å². The summed E-state index contributed by atoms with van der Waals surface area (Å²) in [5, 5.41) is 11.1. The highest BCUT2D eigenvalue weighted by Gasteiger charge is 2.15. The number of aliphatic carboxylic acids is 1. The minimum atomic E-state index is -0.859. The van der Waals surface area contributed by atoms with Gasteiger partial charge in [0.05, 0.1) is 6.10 Å². The molecule has 0 radical (unpaired) electrons. The number of carbonyl (C=O) groups is 2. The van der Waals surface area contributed by atoms with Crippen molar-refractivity contribution in [2.45, 2.75) is 38.2 Å². The highest BCUT2D eigenvalue weighted by molar-refractivity contribution is 5.76. The molecule has 1 aliphatic rings. The Hall–Kier alpha value is -1.10. The van der Waals surface area contributed by atoms with Crippen LogP contribution in [0.15, 0.2) is 0 Å².